The quantitative estimate of drug-likeness (QED) is 0.679. The normalized spacial score (nSPS) is 10.4. The highest BCUT2D eigenvalue weighted by molar-refractivity contribution is 6.30. The van der Waals surface area contributed by atoms with Crippen LogP contribution in [0.5, 0.6) is 0 Å². The summed E-state index contributed by atoms with van der Waals surface area (Å²) in [4.78, 5) is 28.5. The van der Waals surface area contributed by atoms with Gasteiger partial charge >= 0.3 is 0 Å². The number of anilines is 1. The molecule has 138 valence electrons. The smallest absolute Gasteiger partial charge is 0.275 e. The fourth-order valence-corrected chi connectivity index (χ4v) is 2.50. The van der Waals surface area contributed by atoms with E-state index in [1.165, 1.54) is 12.3 Å². The van der Waals surface area contributed by atoms with E-state index in [9.17, 15) is 9.59 Å². The number of rotatable bonds is 6. The monoisotopic (exact) mass is 384 g/mol. The summed E-state index contributed by atoms with van der Waals surface area (Å²) < 4.78 is 4.89. The van der Waals surface area contributed by atoms with Crippen molar-refractivity contribution < 1.29 is 14.1 Å². The third kappa shape index (κ3) is 5.15. The van der Waals surface area contributed by atoms with Crippen molar-refractivity contribution in [2.24, 2.45) is 0 Å². The van der Waals surface area contributed by atoms with Gasteiger partial charge in [-0.2, -0.15) is 0 Å². The van der Waals surface area contributed by atoms with E-state index in [1.54, 1.807) is 19.1 Å². The average Bonchev–Trinajstić information content (AvgIpc) is 3.08. The number of hydrogen-bond acceptors (Lipinski definition) is 5. The van der Waals surface area contributed by atoms with Crippen molar-refractivity contribution in [2.45, 2.75) is 13.3 Å². The number of nitrogens with zero attached hydrogens (tertiary/aromatic N) is 2. The Bertz CT molecular complexity index is 954. The van der Waals surface area contributed by atoms with Crippen molar-refractivity contribution in [1.82, 2.24) is 15.5 Å². The fourth-order valence-electron chi connectivity index (χ4n) is 2.38. The maximum atomic E-state index is 12.3. The summed E-state index contributed by atoms with van der Waals surface area (Å²) in [6.07, 6.45) is 2.09. The molecule has 0 unspecified atom stereocenters. The first-order valence-electron chi connectivity index (χ1n) is 8.24. The molecule has 1 aromatic carbocycles. The predicted molar refractivity (Wildman–Crippen MR) is 101 cm³/mol. The zero-order valence-electron chi connectivity index (χ0n) is 14.5. The minimum atomic E-state index is -0.473. The topological polar surface area (TPSA) is 97.1 Å². The number of carbonyl (C=O) groups is 2. The summed E-state index contributed by atoms with van der Waals surface area (Å²) in [7, 11) is 0. The highest BCUT2D eigenvalue weighted by Crippen LogP contribution is 2.11. The second-order valence-electron chi connectivity index (χ2n) is 5.84. The van der Waals surface area contributed by atoms with Gasteiger partial charge in [0.1, 0.15) is 11.5 Å². The predicted octanol–water partition coefficient (Wildman–Crippen LogP) is 3.26. The molecule has 0 aliphatic carbocycles. The van der Waals surface area contributed by atoms with Crippen LogP contribution in [0.4, 0.5) is 5.82 Å². The van der Waals surface area contributed by atoms with E-state index in [-0.39, 0.29) is 17.4 Å². The summed E-state index contributed by atoms with van der Waals surface area (Å²) in [5.41, 5.74) is 1.53. The molecule has 0 aliphatic heterocycles. The van der Waals surface area contributed by atoms with Crippen LogP contribution in [0.3, 0.4) is 0 Å². The molecular weight excluding hydrogens is 368 g/mol. The number of aromatic nitrogens is 2. The van der Waals surface area contributed by atoms with Crippen molar-refractivity contribution in [3.63, 3.8) is 0 Å². The number of hydrogen-bond donors (Lipinski definition) is 2. The zero-order chi connectivity index (χ0) is 19.2. The second kappa shape index (κ2) is 8.46. The van der Waals surface area contributed by atoms with Gasteiger partial charge in [-0.15, -0.1) is 0 Å². The summed E-state index contributed by atoms with van der Waals surface area (Å²) in [6, 6.07) is 12.0. The standard InChI is InChI=1S/C19H17ClN4O3/c1-12-10-17(24-27-12)23-19(26)16-11-14(7-9-21-16)18(25)22-8-6-13-2-4-15(20)5-3-13/h2-5,7,9-11H,6,8H2,1H3,(H,22,25)(H,23,24,26). The van der Waals surface area contributed by atoms with Crippen LogP contribution in [-0.2, 0) is 6.42 Å². The first-order chi connectivity index (χ1) is 13.0. The summed E-state index contributed by atoms with van der Waals surface area (Å²) in [6.45, 7) is 2.18. The van der Waals surface area contributed by atoms with Crippen LogP contribution >= 0.6 is 11.6 Å². The third-order valence-corrected chi connectivity index (χ3v) is 3.99. The molecule has 2 N–H and O–H groups in total. The van der Waals surface area contributed by atoms with E-state index in [4.69, 9.17) is 16.1 Å². The first-order valence-corrected chi connectivity index (χ1v) is 8.62. The lowest BCUT2D eigenvalue weighted by molar-refractivity contribution is 0.0954. The molecule has 2 aromatic heterocycles. The molecule has 3 aromatic rings. The molecule has 8 heteroatoms. The molecule has 0 spiro atoms. The van der Waals surface area contributed by atoms with Crippen molar-refractivity contribution in [2.75, 3.05) is 11.9 Å². The number of amides is 2. The van der Waals surface area contributed by atoms with Crippen LogP contribution in [0, 0.1) is 6.92 Å². The Morgan fingerprint density at radius 3 is 2.59 bits per heavy atom. The van der Waals surface area contributed by atoms with E-state index in [0.717, 1.165) is 5.56 Å². The van der Waals surface area contributed by atoms with Crippen LogP contribution in [-0.4, -0.2) is 28.5 Å². The molecule has 0 aliphatic rings. The van der Waals surface area contributed by atoms with E-state index in [0.29, 0.717) is 29.3 Å². The summed E-state index contributed by atoms with van der Waals surface area (Å²) >= 11 is 5.85. The van der Waals surface area contributed by atoms with Gasteiger partial charge in [-0.25, -0.2) is 0 Å². The molecule has 0 saturated heterocycles. The Balaban J connectivity index is 1.57. The van der Waals surface area contributed by atoms with Crippen LogP contribution in [0.2, 0.25) is 5.02 Å². The molecule has 0 bridgehead atoms. The minimum Gasteiger partial charge on any atom is -0.360 e. The molecule has 0 atom stereocenters. The van der Waals surface area contributed by atoms with Crippen molar-refractivity contribution in [1.29, 1.82) is 0 Å². The van der Waals surface area contributed by atoms with Gasteiger partial charge in [0.2, 0.25) is 0 Å². The van der Waals surface area contributed by atoms with Crippen molar-refractivity contribution in [3.05, 3.63) is 76.3 Å². The SMILES string of the molecule is Cc1cc(NC(=O)c2cc(C(=O)NCCc3ccc(Cl)cc3)ccn2)no1. The summed E-state index contributed by atoms with van der Waals surface area (Å²) in [5, 5.41) is 9.75. The lowest BCUT2D eigenvalue weighted by Gasteiger charge is -2.07. The number of nitrogens with one attached hydrogen (secondary N) is 2. The number of benzene rings is 1. The van der Waals surface area contributed by atoms with Crippen LogP contribution < -0.4 is 10.6 Å². The van der Waals surface area contributed by atoms with Gasteiger partial charge in [0.05, 0.1) is 0 Å². The van der Waals surface area contributed by atoms with Crippen LogP contribution in [0.25, 0.3) is 0 Å². The highest BCUT2D eigenvalue weighted by Gasteiger charge is 2.13. The number of pyridine rings is 1. The molecule has 0 fully saturated rings. The van der Waals surface area contributed by atoms with Crippen LogP contribution in [0.1, 0.15) is 32.2 Å². The maximum Gasteiger partial charge on any atom is 0.275 e. The van der Waals surface area contributed by atoms with Crippen LogP contribution in [0.15, 0.2) is 53.2 Å². The number of aryl methyl sites for hydroxylation is 1. The van der Waals surface area contributed by atoms with Gasteiger partial charge in [0, 0.05) is 29.4 Å². The van der Waals surface area contributed by atoms with E-state index in [1.807, 2.05) is 24.3 Å². The van der Waals surface area contributed by atoms with Gasteiger partial charge in [0.25, 0.3) is 11.8 Å². The molecular formula is C19H17ClN4O3. The molecule has 27 heavy (non-hydrogen) atoms. The van der Waals surface area contributed by atoms with Crippen molar-refractivity contribution >= 4 is 29.2 Å². The van der Waals surface area contributed by atoms with Gasteiger partial charge in [0.15, 0.2) is 5.82 Å². The fraction of sp³-hybridized carbons (Fsp3) is 0.158. The Kier molecular flexibility index (Phi) is 5.83. The highest BCUT2D eigenvalue weighted by atomic mass is 35.5. The number of carbonyl (C=O) groups excluding carboxylic acids is 2. The molecule has 2 amide bonds. The molecule has 3 rings (SSSR count). The Hall–Kier alpha value is -3.19. The molecule has 2 heterocycles. The van der Waals surface area contributed by atoms with Gasteiger partial charge in [-0.05, 0) is 43.2 Å². The maximum absolute atomic E-state index is 12.3. The number of halogens is 1. The Morgan fingerprint density at radius 1 is 1.11 bits per heavy atom. The minimum absolute atomic E-state index is 0.112. The summed E-state index contributed by atoms with van der Waals surface area (Å²) in [5.74, 6) is 0.112. The average molecular weight is 385 g/mol. The van der Waals surface area contributed by atoms with Gasteiger partial charge in [-0.1, -0.05) is 28.9 Å². The molecule has 0 saturated carbocycles. The van der Waals surface area contributed by atoms with E-state index in [2.05, 4.69) is 20.8 Å². The Labute approximate surface area is 160 Å². The first kappa shape index (κ1) is 18.6. The Morgan fingerprint density at radius 2 is 1.89 bits per heavy atom. The van der Waals surface area contributed by atoms with Gasteiger partial charge < -0.3 is 15.2 Å². The lowest BCUT2D eigenvalue weighted by Crippen LogP contribution is -2.26. The van der Waals surface area contributed by atoms with E-state index < -0.39 is 5.91 Å². The lowest BCUT2D eigenvalue weighted by atomic mass is 10.1. The van der Waals surface area contributed by atoms with Gasteiger partial charge in [-0.3, -0.25) is 14.6 Å². The third-order valence-electron chi connectivity index (χ3n) is 3.74. The second-order valence-corrected chi connectivity index (χ2v) is 6.28. The molecule has 7 nitrogen and oxygen atoms in total. The van der Waals surface area contributed by atoms with Crippen molar-refractivity contribution in [3.8, 4) is 0 Å². The zero-order valence-corrected chi connectivity index (χ0v) is 15.3. The molecule has 0 radical (unpaired) electrons. The largest absolute Gasteiger partial charge is 0.360 e. The van der Waals surface area contributed by atoms with E-state index >= 15 is 0 Å².